The average molecular weight is 261 g/mol. The molecule has 1 N–H and O–H groups in total. The zero-order chi connectivity index (χ0) is 13.5. The molecule has 2 fully saturated rings. The molecule has 19 heavy (non-hydrogen) atoms. The minimum Gasteiger partial charge on any atom is -0.393 e. The van der Waals surface area contributed by atoms with E-state index in [0.717, 1.165) is 24.8 Å². The first-order chi connectivity index (χ1) is 9.11. The first-order valence-corrected chi connectivity index (χ1v) is 7.48. The SMILES string of the molecule is Cc1ccn(C2CC(O)CCC23CCCC3)c(=O)c1. The van der Waals surface area contributed by atoms with Crippen LogP contribution < -0.4 is 5.56 Å². The first-order valence-electron chi connectivity index (χ1n) is 7.48. The van der Waals surface area contributed by atoms with E-state index in [-0.39, 0.29) is 23.1 Å². The van der Waals surface area contributed by atoms with Crippen molar-refractivity contribution in [3.8, 4) is 0 Å². The number of hydrogen-bond acceptors (Lipinski definition) is 2. The molecule has 0 aromatic carbocycles. The van der Waals surface area contributed by atoms with Gasteiger partial charge in [-0.3, -0.25) is 4.79 Å². The van der Waals surface area contributed by atoms with Gasteiger partial charge in [0.1, 0.15) is 0 Å². The average Bonchev–Trinajstić information content (AvgIpc) is 2.83. The Labute approximate surface area is 114 Å². The van der Waals surface area contributed by atoms with Gasteiger partial charge >= 0.3 is 0 Å². The van der Waals surface area contributed by atoms with Gasteiger partial charge in [-0.2, -0.15) is 0 Å². The highest BCUT2D eigenvalue weighted by molar-refractivity contribution is 5.11. The van der Waals surface area contributed by atoms with Crippen LogP contribution in [-0.2, 0) is 0 Å². The lowest BCUT2D eigenvalue weighted by Crippen LogP contribution is -2.41. The third-order valence-corrected chi connectivity index (χ3v) is 5.22. The Bertz CT molecular complexity index is 514. The summed E-state index contributed by atoms with van der Waals surface area (Å²) in [6.07, 6.45) is 9.36. The highest BCUT2D eigenvalue weighted by atomic mass is 16.3. The molecule has 3 nitrogen and oxygen atoms in total. The molecule has 1 aromatic rings. The van der Waals surface area contributed by atoms with Gasteiger partial charge < -0.3 is 9.67 Å². The quantitative estimate of drug-likeness (QED) is 0.844. The number of aromatic nitrogens is 1. The van der Waals surface area contributed by atoms with Crippen molar-refractivity contribution in [1.29, 1.82) is 0 Å². The molecular weight excluding hydrogens is 238 g/mol. The summed E-state index contributed by atoms with van der Waals surface area (Å²) < 4.78 is 1.89. The number of aliphatic hydroxyl groups is 1. The van der Waals surface area contributed by atoms with Crippen LogP contribution in [0.25, 0.3) is 0 Å². The number of hydrogen-bond donors (Lipinski definition) is 1. The van der Waals surface area contributed by atoms with Crippen LogP contribution in [0.5, 0.6) is 0 Å². The third-order valence-electron chi connectivity index (χ3n) is 5.22. The summed E-state index contributed by atoms with van der Waals surface area (Å²) >= 11 is 0. The van der Waals surface area contributed by atoms with E-state index in [1.54, 1.807) is 6.07 Å². The lowest BCUT2D eigenvalue weighted by Gasteiger charge is -2.44. The zero-order valence-corrected chi connectivity index (χ0v) is 11.6. The van der Waals surface area contributed by atoms with Crippen LogP contribution in [-0.4, -0.2) is 15.8 Å². The van der Waals surface area contributed by atoms with Crippen molar-refractivity contribution in [2.24, 2.45) is 5.41 Å². The number of rotatable bonds is 1. The van der Waals surface area contributed by atoms with Crippen molar-refractivity contribution in [3.63, 3.8) is 0 Å². The van der Waals surface area contributed by atoms with E-state index in [2.05, 4.69) is 0 Å². The fraction of sp³-hybridized carbons (Fsp3) is 0.688. The minimum atomic E-state index is -0.246. The summed E-state index contributed by atoms with van der Waals surface area (Å²) in [5.41, 5.74) is 1.36. The van der Waals surface area contributed by atoms with Gasteiger partial charge in [-0.15, -0.1) is 0 Å². The van der Waals surface area contributed by atoms with Crippen LogP contribution in [0.4, 0.5) is 0 Å². The molecule has 2 saturated carbocycles. The van der Waals surface area contributed by atoms with E-state index in [1.165, 1.54) is 25.7 Å². The molecule has 0 saturated heterocycles. The second kappa shape index (κ2) is 4.78. The van der Waals surface area contributed by atoms with Crippen LogP contribution in [0.15, 0.2) is 23.1 Å². The summed E-state index contributed by atoms with van der Waals surface area (Å²) in [6, 6.07) is 3.90. The maximum absolute atomic E-state index is 12.3. The van der Waals surface area contributed by atoms with Gasteiger partial charge in [-0.25, -0.2) is 0 Å². The Morgan fingerprint density at radius 2 is 2.05 bits per heavy atom. The Kier molecular flexibility index (Phi) is 3.25. The van der Waals surface area contributed by atoms with Crippen LogP contribution in [0.3, 0.4) is 0 Å². The number of aryl methyl sites for hydroxylation is 1. The van der Waals surface area contributed by atoms with Crippen molar-refractivity contribution < 1.29 is 5.11 Å². The summed E-state index contributed by atoms with van der Waals surface area (Å²) in [4.78, 5) is 12.3. The molecule has 2 atom stereocenters. The Morgan fingerprint density at radius 3 is 2.74 bits per heavy atom. The van der Waals surface area contributed by atoms with Crippen LogP contribution in [0.2, 0.25) is 0 Å². The molecule has 0 aliphatic heterocycles. The maximum Gasteiger partial charge on any atom is 0.251 e. The van der Waals surface area contributed by atoms with Crippen molar-refractivity contribution in [2.45, 2.75) is 64.0 Å². The highest BCUT2D eigenvalue weighted by Gasteiger charge is 2.45. The summed E-state index contributed by atoms with van der Waals surface area (Å²) in [7, 11) is 0. The van der Waals surface area contributed by atoms with E-state index in [1.807, 2.05) is 23.8 Å². The lowest BCUT2D eigenvalue weighted by molar-refractivity contribution is 0.0161. The minimum absolute atomic E-state index is 0.0883. The molecule has 2 unspecified atom stereocenters. The number of pyridine rings is 1. The largest absolute Gasteiger partial charge is 0.393 e. The van der Waals surface area contributed by atoms with Crippen LogP contribution in [0, 0.1) is 12.3 Å². The molecule has 1 aromatic heterocycles. The first kappa shape index (κ1) is 12.9. The molecule has 0 bridgehead atoms. The van der Waals surface area contributed by atoms with Crippen LogP contribution >= 0.6 is 0 Å². The predicted octanol–water partition coefficient (Wildman–Crippen LogP) is 2.80. The Morgan fingerprint density at radius 1 is 1.32 bits per heavy atom. The topological polar surface area (TPSA) is 42.2 Å². The lowest BCUT2D eigenvalue weighted by atomic mass is 9.68. The van der Waals surface area contributed by atoms with Crippen molar-refractivity contribution in [2.75, 3.05) is 0 Å². The summed E-state index contributed by atoms with van der Waals surface area (Å²) in [5, 5.41) is 10.0. The molecular formula is C16H23NO2. The summed E-state index contributed by atoms with van der Waals surface area (Å²) in [5.74, 6) is 0. The van der Waals surface area contributed by atoms with Crippen molar-refractivity contribution >= 4 is 0 Å². The second-order valence-corrected chi connectivity index (χ2v) is 6.46. The molecule has 1 spiro atoms. The van der Waals surface area contributed by atoms with E-state index in [0.29, 0.717) is 0 Å². The van der Waals surface area contributed by atoms with Gasteiger partial charge in [0.05, 0.1) is 6.10 Å². The Hall–Kier alpha value is -1.09. The van der Waals surface area contributed by atoms with E-state index >= 15 is 0 Å². The van der Waals surface area contributed by atoms with E-state index in [4.69, 9.17) is 0 Å². The standard InChI is InChI=1S/C16H23NO2/c1-12-5-9-17(15(19)10-12)14-11-13(18)4-8-16(14)6-2-3-7-16/h5,9-10,13-14,18H,2-4,6-8,11H2,1H3. The fourth-order valence-electron chi connectivity index (χ4n) is 4.16. The van der Waals surface area contributed by atoms with E-state index < -0.39 is 0 Å². The van der Waals surface area contributed by atoms with Gasteiger partial charge in [-0.1, -0.05) is 12.8 Å². The molecule has 3 rings (SSSR count). The van der Waals surface area contributed by atoms with Gasteiger partial charge in [-0.05, 0) is 56.1 Å². The molecule has 104 valence electrons. The van der Waals surface area contributed by atoms with Gasteiger partial charge in [0.25, 0.3) is 5.56 Å². The normalized spacial score (nSPS) is 29.8. The monoisotopic (exact) mass is 261 g/mol. The third kappa shape index (κ3) is 2.25. The zero-order valence-electron chi connectivity index (χ0n) is 11.6. The molecule has 2 aliphatic carbocycles. The van der Waals surface area contributed by atoms with Gasteiger partial charge in [0, 0.05) is 18.3 Å². The molecule has 0 radical (unpaired) electrons. The van der Waals surface area contributed by atoms with Gasteiger partial charge in [0.15, 0.2) is 0 Å². The second-order valence-electron chi connectivity index (χ2n) is 6.46. The maximum atomic E-state index is 12.3. The molecule has 2 aliphatic rings. The number of aliphatic hydroxyl groups excluding tert-OH is 1. The molecule has 1 heterocycles. The highest BCUT2D eigenvalue weighted by Crippen LogP contribution is 2.54. The van der Waals surface area contributed by atoms with Crippen molar-refractivity contribution in [3.05, 3.63) is 34.2 Å². The number of nitrogens with zero attached hydrogens (tertiary/aromatic N) is 1. The van der Waals surface area contributed by atoms with Gasteiger partial charge in [0.2, 0.25) is 0 Å². The predicted molar refractivity (Wildman–Crippen MR) is 75.2 cm³/mol. The summed E-state index contributed by atoms with van der Waals surface area (Å²) in [6.45, 7) is 1.95. The van der Waals surface area contributed by atoms with E-state index in [9.17, 15) is 9.90 Å². The molecule has 0 amide bonds. The Balaban J connectivity index is 2.01. The molecule has 3 heteroatoms. The smallest absolute Gasteiger partial charge is 0.251 e. The fourth-order valence-corrected chi connectivity index (χ4v) is 4.16. The van der Waals surface area contributed by atoms with Crippen LogP contribution in [0.1, 0.15) is 56.6 Å². The van der Waals surface area contributed by atoms with Crippen molar-refractivity contribution in [1.82, 2.24) is 4.57 Å².